The maximum absolute atomic E-state index is 13.3. The Hall–Kier alpha value is -4.41. The lowest BCUT2D eigenvalue weighted by Crippen LogP contribution is -2.56. The second-order valence-electron chi connectivity index (χ2n) is 7.87. The Morgan fingerprint density at radius 2 is 1.30 bits per heavy atom. The Kier molecular flexibility index (Phi) is 11.6. The number of esters is 3. The Balaban J connectivity index is 2.25. The van der Waals surface area contributed by atoms with E-state index >= 15 is 0 Å². The van der Waals surface area contributed by atoms with E-state index in [1.54, 1.807) is 54.6 Å². The highest BCUT2D eigenvalue weighted by Crippen LogP contribution is 2.15. The minimum atomic E-state index is -1.59. The van der Waals surface area contributed by atoms with E-state index in [4.69, 9.17) is 14.2 Å². The summed E-state index contributed by atoms with van der Waals surface area (Å²) in [5, 5.41) is 4.92. The van der Waals surface area contributed by atoms with Gasteiger partial charge in [0.15, 0.2) is 0 Å². The molecule has 0 radical (unpaired) electrons. The number of amides is 2. The molecule has 2 amide bonds. The smallest absolute Gasteiger partial charge is 0.408 e. The maximum Gasteiger partial charge on any atom is 0.408 e. The van der Waals surface area contributed by atoms with Gasteiger partial charge in [0.1, 0.15) is 18.7 Å². The molecule has 3 atom stereocenters. The molecule has 0 unspecified atom stereocenters. The van der Waals surface area contributed by atoms with Crippen LogP contribution in [-0.2, 0) is 51.2 Å². The van der Waals surface area contributed by atoms with Gasteiger partial charge in [-0.1, -0.05) is 60.7 Å². The summed E-state index contributed by atoms with van der Waals surface area (Å²) in [5.74, 6) is -4.97. The van der Waals surface area contributed by atoms with E-state index in [1.807, 2.05) is 6.07 Å². The lowest BCUT2D eigenvalue weighted by molar-refractivity contribution is -0.159. The van der Waals surface area contributed by atoms with Gasteiger partial charge in [-0.2, -0.15) is 0 Å². The summed E-state index contributed by atoms with van der Waals surface area (Å²) in [4.78, 5) is 62.6. The second kappa shape index (κ2) is 14.9. The molecular weight excluding hydrogens is 484 g/mol. The van der Waals surface area contributed by atoms with Gasteiger partial charge in [-0.25, -0.2) is 9.59 Å². The lowest BCUT2D eigenvalue weighted by Gasteiger charge is -2.26. The number of hydrogen-bond donors (Lipinski definition) is 2. The van der Waals surface area contributed by atoms with E-state index in [0.717, 1.165) is 26.9 Å². The number of carbonyl (C=O) groups is 5. The Bertz CT molecular complexity index is 1060. The largest absolute Gasteiger partial charge is 0.469 e. The fourth-order valence-corrected chi connectivity index (χ4v) is 3.42. The van der Waals surface area contributed by atoms with Crippen molar-refractivity contribution in [3.8, 4) is 0 Å². The molecule has 2 rings (SSSR count). The van der Waals surface area contributed by atoms with E-state index in [2.05, 4.69) is 15.4 Å². The van der Waals surface area contributed by atoms with Gasteiger partial charge in [0.05, 0.1) is 33.7 Å². The molecule has 11 nitrogen and oxygen atoms in total. The number of ether oxygens (including phenoxy) is 4. The summed E-state index contributed by atoms with van der Waals surface area (Å²) in [7, 11) is 3.25. The van der Waals surface area contributed by atoms with Crippen molar-refractivity contribution in [2.45, 2.75) is 31.5 Å². The number of alkyl carbamates (subject to hydrolysis) is 1. The van der Waals surface area contributed by atoms with Crippen LogP contribution in [0.3, 0.4) is 0 Å². The average molecular weight is 515 g/mol. The first-order chi connectivity index (χ1) is 17.8. The third-order valence-corrected chi connectivity index (χ3v) is 5.38. The van der Waals surface area contributed by atoms with Crippen LogP contribution < -0.4 is 10.6 Å². The van der Waals surface area contributed by atoms with Crippen molar-refractivity contribution in [3.05, 3.63) is 71.8 Å². The third kappa shape index (κ3) is 9.28. The number of methoxy groups -OCH3 is 3. The van der Waals surface area contributed by atoms with E-state index < -0.39 is 54.3 Å². The van der Waals surface area contributed by atoms with Crippen LogP contribution in [0.4, 0.5) is 4.79 Å². The van der Waals surface area contributed by atoms with Gasteiger partial charge in [-0.15, -0.1) is 0 Å². The molecule has 0 aliphatic heterocycles. The minimum Gasteiger partial charge on any atom is -0.469 e. The highest BCUT2D eigenvalue weighted by Gasteiger charge is 2.40. The highest BCUT2D eigenvalue weighted by atomic mass is 16.6. The van der Waals surface area contributed by atoms with Crippen molar-refractivity contribution in [1.29, 1.82) is 0 Å². The Morgan fingerprint density at radius 3 is 1.84 bits per heavy atom. The zero-order valence-electron chi connectivity index (χ0n) is 20.8. The summed E-state index contributed by atoms with van der Waals surface area (Å²) in [6, 6.07) is 15.0. The zero-order valence-corrected chi connectivity index (χ0v) is 20.8. The van der Waals surface area contributed by atoms with E-state index in [1.165, 1.54) is 0 Å². The molecule has 2 N–H and O–H groups in total. The number of rotatable bonds is 12. The molecule has 0 saturated heterocycles. The van der Waals surface area contributed by atoms with E-state index in [-0.39, 0.29) is 13.0 Å². The van der Waals surface area contributed by atoms with Crippen LogP contribution in [0.25, 0.3) is 0 Å². The van der Waals surface area contributed by atoms with E-state index in [0.29, 0.717) is 5.56 Å². The molecule has 2 aromatic rings. The summed E-state index contributed by atoms with van der Waals surface area (Å²) < 4.78 is 19.3. The summed E-state index contributed by atoms with van der Waals surface area (Å²) >= 11 is 0. The highest BCUT2D eigenvalue weighted by molar-refractivity contribution is 5.93. The third-order valence-electron chi connectivity index (χ3n) is 5.38. The fourth-order valence-electron chi connectivity index (χ4n) is 3.42. The first-order valence-corrected chi connectivity index (χ1v) is 11.3. The molecule has 0 bridgehead atoms. The van der Waals surface area contributed by atoms with Gasteiger partial charge in [-0.05, 0) is 11.1 Å². The number of carbonyl (C=O) groups excluding carboxylic acids is 5. The van der Waals surface area contributed by atoms with Crippen LogP contribution in [0.1, 0.15) is 17.5 Å². The SMILES string of the molecule is COC(=O)C[C@@H](C(=O)OC)[C@H](NC(=O)[C@H](Cc1ccccc1)NC(=O)OCc1ccccc1)C(=O)OC. The Labute approximate surface area is 214 Å². The Morgan fingerprint density at radius 1 is 0.730 bits per heavy atom. The van der Waals surface area contributed by atoms with Crippen LogP contribution in [0.15, 0.2) is 60.7 Å². The second-order valence-corrected chi connectivity index (χ2v) is 7.87. The van der Waals surface area contributed by atoms with Crippen molar-refractivity contribution in [1.82, 2.24) is 10.6 Å². The average Bonchev–Trinajstić information content (AvgIpc) is 2.93. The molecule has 0 aromatic heterocycles. The molecule has 37 heavy (non-hydrogen) atoms. The van der Waals surface area contributed by atoms with Crippen molar-refractivity contribution in [2.24, 2.45) is 5.92 Å². The molecule has 0 heterocycles. The first kappa shape index (κ1) is 28.8. The van der Waals surface area contributed by atoms with Gasteiger partial charge in [0.2, 0.25) is 5.91 Å². The summed E-state index contributed by atoms with van der Waals surface area (Å²) in [6.07, 6.45) is -1.38. The monoisotopic (exact) mass is 514 g/mol. The molecule has 11 heteroatoms. The standard InChI is InChI=1S/C26H30N2O9/c1-34-21(29)15-19(24(31)35-2)22(25(32)36-3)28-23(30)20(14-17-10-6-4-7-11-17)27-26(33)37-16-18-12-8-5-9-13-18/h4-13,19-20,22H,14-16H2,1-3H3,(H,27,33)(H,28,30)/t19-,20+,22+/m1/s1. The number of benzene rings is 2. The van der Waals surface area contributed by atoms with Gasteiger partial charge < -0.3 is 29.6 Å². The molecular formula is C26H30N2O9. The topological polar surface area (TPSA) is 146 Å². The van der Waals surface area contributed by atoms with Crippen molar-refractivity contribution in [3.63, 3.8) is 0 Å². The van der Waals surface area contributed by atoms with Gasteiger partial charge >= 0.3 is 24.0 Å². The van der Waals surface area contributed by atoms with Crippen LogP contribution in [-0.4, -0.2) is 63.3 Å². The quantitative estimate of drug-likeness (QED) is 0.318. The summed E-state index contributed by atoms with van der Waals surface area (Å²) in [5.41, 5.74) is 1.45. The predicted molar refractivity (Wildman–Crippen MR) is 130 cm³/mol. The van der Waals surface area contributed by atoms with Crippen LogP contribution >= 0.6 is 0 Å². The molecule has 0 fully saturated rings. The van der Waals surface area contributed by atoms with E-state index in [9.17, 15) is 24.0 Å². The van der Waals surface area contributed by atoms with Crippen LogP contribution in [0.5, 0.6) is 0 Å². The summed E-state index contributed by atoms with van der Waals surface area (Å²) in [6.45, 7) is -0.0271. The predicted octanol–water partition coefficient (Wildman–Crippen LogP) is 1.53. The van der Waals surface area contributed by atoms with Crippen molar-refractivity contribution >= 4 is 29.9 Å². The van der Waals surface area contributed by atoms with Crippen LogP contribution in [0, 0.1) is 5.92 Å². The van der Waals surface area contributed by atoms with Gasteiger partial charge in [-0.3, -0.25) is 14.4 Å². The molecule has 198 valence electrons. The minimum absolute atomic E-state index is 0.0271. The molecule has 0 aliphatic carbocycles. The molecule has 0 aliphatic rings. The lowest BCUT2D eigenvalue weighted by atomic mass is 9.95. The number of hydrogen-bond acceptors (Lipinski definition) is 9. The fraction of sp³-hybridized carbons (Fsp3) is 0.346. The van der Waals surface area contributed by atoms with Gasteiger partial charge in [0.25, 0.3) is 0 Å². The normalized spacial score (nSPS) is 12.7. The van der Waals surface area contributed by atoms with Crippen molar-refractivity contribution in [2.75, 3.05) is 21.3 Å². The first-order valence-electron chi connectivity index (χ1n) is 11.3. The van der Waals surface area contributed by atoms with Crippen molar-refractivity contribution < 1.29 is 42.9 Å². The molecule has 0 saturated carbocycles. The zero-order chi connectivity index (χ0) is 27.2. The number of nitrogens with one attached hydrogen (secondary N) is 2. The molecule has 2 aromatic carbocycles. The van der Waals surface area contributed by atoms with Crippen LogP contribution in [0.2, 0.25) is 0 Å². The van der Waals surface area contributed by atoms with Gasteiger partial charge in [0, 0.05) is 6.42 Å². The maximum atomic E-state index is 13.3. The molecule has 0 spiro atoms.